The zero-order valence-electron chi connectivity index (χ0n) is 29.8. The Labute approximate surface area is 310 Å². The molecule has 7 aromatic rings. The van der Waals surface area contributed by atoms with E-state index in [1.807, 2.05) is 0 Å². The van der Waals surface area contributed by atoms with Crippen LogP contribution in [0.4, 0.5) is 22.7 Å². The Bertz CT molecular complexity index is 2540. The summed E-state index contributed by atoms with van der Waals surface area (Å²) in [4.78, 5) is 10.3. The molecule has 2 N–H and O–H groups in total. The standard InChI is InChI=1S/C47H40N6/c1-32-17-16-28-43-44(32)49-46(52(43)37-20-8-4-9-21-37)34-29-33(45-48-39-24-12-14-26-41(39)51(45)36-18-6-3-7-19-36)30-35(31-34)47(2)50-40-25-13-15-27-42(40)53(47)38-22-10-5-11-23-38/h3-16,18-32,46,49-50H,17H2,1-2H3. The highest BCUT2D eigenvalue weighted by atomic mass is 15.4. The van der Waals surface area contributed by atoms with Crippen LogP contribution in [0.15, 0.2) is 181 Å². The molecule has 6 nitrogen and oxygen atoms in total. The fraction of sp³-hybridized carbons (Fsp3) is 0.128. The zero-order chi connectivity index (χ0) is 35.5. The van der Waals surface area contributed by atoms with Gasteiger partial charge in [-0.1, -0.05) is 91.9 Å². The van der Waals surface area contributed by atoms with E-state index < -0.39 is 5.66 Å². The van der Waals surface area contributed by atoms with E-state index in [1.54, 1.807) is 0 Å². The van der Waals surface area contributed by atoms with Crippen LogP contribution in [0.2, 0.25) is 0 Å². The number of anilines is 4. The van der Waals surface area contributed by atoms with E-state index in [2.05, 4.69) is 209 Å². The molecule has 0 saturated heterocycles. The summed E-state index contributed by atoms with van der Waals surface area (Å²) in [7, 11) is 0. The monoisotopic (exact) mass is 688 g/mol. The largest absolute Gasteiger partial charge is 0.363 e. The molecule has 3 aliphatic rings. The van der Waals surface area contributed by atoms with Crippen LogP contribution in [0.25, 0.3) is 28.1 Å². The average molecular weight is 689 g/mol. The molecular formula is C47H40N6. The number of benzene rings is 6. The van der Waals surface area contributed by atoms with Gasteiger partial charge in [0.25, 0.3) is 0 Å². The molecule has 3 unspecified atom stereocenters. The number of hydrogen-bond donors (Lipinski definition) is 2. The van der Waals surface area contributed by atoms with Gasteiger partial charge in [0.1, 0.15) is 17.7 Å². The lowest BCUT2D eigenvalue weighted by atomic mass is 9.93. The van der Waals surface area contributed by atoms with Gasteiger partial charge in [-0.25, -0.2) is 4.98 Å². The number of fused-ring (bicyclic) bond motifs is 2. The third kappa shape index (κ3) is 5.05. The number of para-hydroxylation sites is 7. The average Bonchev–Trinajstić information content (AvgIpc) is 3.89. The molecular weight excluding hydrogens is 649 g/mol. The molecule has 6 heteroatoms. The quantitative estimate of drug-likeness (QED) is 0.182. The molecule has 0 spiro atoms. The molecule has 0 radical (unpaired) electrons. The second-order valence-corrected chi connectivity index (χ2v) is 14.4. The Morgan fingerprint density at radius 1 is 0.698 bits per heavy atom. The maximum absolute atomic E-state index is 5.37. The van der Waals surface area contributed by atoms with Crippen LogP contribution in [-0.4, -0.2) is 9.55 Å². The molecule has 53 heavy (non-hydrogen) atoms. The molecule has 10 rings (SSSR count). The van der Waals surface area contributed by atoms with E-state index in [9.17, 15) is 0 Å². The van der Waals surface area contributed by atoms with Crippen LogP contribution in [0.5, 0.6) is 0 Å². The molecule has 258 valence electrons. The fourth-order valence-corrected chi connectivity index (χ4v) is 8.52. The van der Waals surface area contributed by atoms with Crippen molar-refractivity contribution in [1.29, 1.82) is 0 Å². The van der Waals surface area contributed by atoms with E-state index in [-0.39, 0.29) is 6.17 Å². The summed E-state index contributed by atoms with van der Waals surface area (Å²) in [5.41, 5.74) is 12.9. The summed E-state index contributed by atoms with van der Waals surface area (Å²) < 4.78 is 2.30. The second-order valence-electron chi connectivity index (χ2n) is 14.4. The van der Waals surface area contributed by atoms with Gasteiger partial charge >= 0.3 is 0 Å². The number of imidazole rings is 1. The maximum Gasteiger partial charge on any atom is 0.145 e. The predicted octanol–water partition coefficient (Wildman–Crippen LogP) is 11.0. The minimum atomic E-state index is -0.629. The number of nitrogens with one attached hydrogen (secondary N) is 2. The van der Waals surface area contributed by atoms with Crippen molar-refractivity contribution in [3.05, 3.63) is 192 Å². The number of nitrogens with zero attached hydrogens (tertiary/aromatic N) is 4. The Morgan fingerprint density at radius 3 is 2.13 bits per heavy atom. The lowest BCUT2D eigenvalue weighted by Gasteiger charge is -2.39. The summed E-state index contributed by atoms with van der Waals surface area (Å²) in [6, 6.07) is 56.2. The highest BCUT2D eigenvalue weighted by Gasteiger charge is 2.43. The highest BCUT2D eigenvalue weighted by Crippen LogP contribution is 2.51. The van der Waals surface area contributed by atoms with Crippen LogP contribution in [-0.2, 0) is 5.66 Å². The molecule has 2 aliphatic heterocycles. The van der Waals surface area contributed by atoms with Crippen molar-refractivity contribution >= 4 is 33.8 Å². The van der Waals surface area contributed by atoms with Gasteiger partial charge in [0, 0.05) is 34.2 Å². The lowest BCUT2D eigenvalue weighted by molar-refractivity contribution is 0.562. The van der Waals surface area contributed by atoms with Crippen molar-refractivity contribution in [2.24, 2.45) is 5.92 Å². The molecule has 3 heterocycles. The van der Waals surface area contributed by atoms with E-state index in [0.717, 1.165) is 68.4 Å². The van der Waals surface area contributed by atoms with Crippen molar-refractivity contribution < 1.29 is 0 Å². The first-order valence-corrected chi connectivity index (χ1v) is 18.5. The van der Waals surface area contributed by atoms with E-state index in [0.29, 0.717) is 5.92 Å². The summed E-state index contributed by atoms with van der Waals surface area (Å²) in [5, 5.41) is 8.03. The predicted molar refractivity (Wildman–Crippen MR) is 217 cm³/mol. The normalized spacial score (nSPS) is 20.3. The SMILES string of the molecule is CC1CC=CC2=C1NC(c1cc(-c3nc4ccccc4n3-c3ccccc3)cc(C3(C)Nc4ccccc4N3c3ccccc3)c1)N2c1ccccc1. The van der Waals surface area contributed by atoms with Crippen LogP contribution in [0.1, 0.15) is 37.6 Å². The Morgan fingerprint density at radius 2 is 1.36 bits per heavy atom. The van der Waals surface area contributed by atoms with Gasteiger partial charge in [0.05, 0.1) is 28.1 Å². The molecule has 0 fully saturated rings. The molecule has 1 aromatic heterocycles. The molecule has 0 amide bonds. The van der Waals surface area contributed by atoms with Crippen molar-refractivity contribution in [3.8, 4) is 17.1 Å². The van der Waals surface area contributed by atoms with Gasteiger partial charge in [-0.05, 0) is 109 Å². The van der Waals surface area contributed by atoms with E-state index in [4.69, 9.17) is 4.98 Å². The third-order valence-corrected chi connectivity index (χ3v) is 11.0. The summed E-state index contributed by atoms with van der Waals surface area (Å²) >= 11 is 0. The Hall–Kier alpha value is -6.53. The number of rotatable bonds is 6. The first-order valence-electron chi connectivity index (χ1n) is 18.5. The van der Waals surface area contributed by atoms with Gasteiger partial charge < -0.3 is 20.4 Å². The van der Waals surface area contributed by atoms with Crippen molar-refractivity contribution in [3.63, 3.8) is 0 Å². The summed E-state index contributed by atoms with van der Waals surface area (Å²) in [6.45, 7) is 4.62. The Kier molecular flexibility index (Phi) is 7.25. The third-order valence-electron chi connectivity index (χ3n) is 11.0. The van der Waals surface area contributed by atoms with E-state index >= 15 is 0 Å². The van der Waals surface area contributed by atoms with Crippen LogP contribution >= 0.6 is 0 Å². The smallest absolute Gasteiger partial charge is 0.145 e. The molecule has 0 bridgehead atoms. The van der Waals surface area contributed by atoms with Gasteiger partial charge in [-0.2, -0.15) is 0 Å². The fourth-order valence-electron chi connectivity index (χ4n) is 8.52. The number of hydrogen-bond acceptors (Lipinski definition) is 5. The molecule has 3 atom stereocenters. The molecule has 6 aromatic carbocycles. The summed E-state index contributed by atoms with van der Waals surface area (Å²) in [6.07, 6.45) is 5.48. The lowest BCUT2D eigenvalue weighted by Crippen LogP contribution is -2.43. The minimum Gasteiger partial charge on any atom is -0.363 e. The van der Waals surface area contributed by atoms with Crippen molar-refractivity contribution in [2.75, 3.05) is 15.1 Å². The Balaban J connectivity index is 1.23. The first kappa shape index (κ1) is 31.2. The molecule has 1 aliphatic carbocycles. The minimum absolute atomic E-state index is 0.140. The summed E-state index contributed by atoms with van der Waals surface area (Å²) in [5.74, 6) is 1.29. The molecule has 0 saturated carbocycles. The van der Waals surface area contributed by atoms with E-state index in [1.165, 1.54) is 11.4 Å². The second kappa shape index (κ2) is 12.3. The first-order chi connectivity index (χ1) is 26.1. The number of aromatic nitrogens is 2. The van der Waals surface area contributed by atoms with Gasteiger partial charge in [0.2, 0.25) is 0 Å². The topological polar surface area (TPSA) is 48.4 Å². The highest BCUT2D eigenvalue weighted by molar-refractivity contribution is 5.87. The van der Waals surface area contributed by atoms with Gasteiger partial charge in [-0.3, -0.25) is 4.57 Å². The van der Waals surface area contributed by atoms with Crippen LogP contribution in [0.3, 0.4) is 0 Å². The van der Waals surface area contributed by atoms with Crippen LogP contribution in [0, 0.1) is 5.92 Å². The van der Waals surface area contributed by atoms with Crippen molar-refractivity contribution in [2.45, 2.75) is 32.1 Å². The zero-order valence-corrected chi connectivity index (χ0v) is 29.8. The maximum atomic E-state index is 5.37. The number of allylic oxidation sites excluding steroid dienone is 3. The van der Waals surface area contributed by atoms with Gasteiger partial charge in [-0.15, -0.1) is 0 Å². The van der Waals surface area contributed by atoms with Crippen LogP contribution < -0.4 is 20.4 Å². The van der Waals surface area contributed by atoms with Gasteiger partial charge in [0.15, 0.2) is 0 Å². The van der Waals surface area contributed by atoms with Crippen molar-refractivity contribution in [1.82, 2.24) is 14.9 Å².